The third kappa shape index (κ3) is 5.83. The molecule has 2 N–H and O–H groups in total. The Hall–Kier alpha value is -3.84. The lowest BCUT2D eigenvalue weighted by atomic mass is 10.1. The van der Waals surface area contributed by atoms with Gasteiger partial charge in [0.05, 0.1) is 12.8 Å². The molecule has 2 heterocycles. The van der Waals surface area contributed by atoms with Gasteiger partial charge in [-0.05, 0) is 35.5 Å². The maximum absolute atomic E-state index is 5.32. The normalized spacial score (nSPS) is 10.8. The number of benzene rings is 2. The molecule has 0 spiro atoms. The number of thiocarbonyl (C=S) groups is 1. The molecule has 0 bridgehead atoms. The number of hydrogen-bond acceptors (Lipinski definition) is 4. The average Bonchev–Trinajstić information content (AvgIpc) is 3.22. The molecule has 0 fully saturated rings. The highest BCUT2D eigenvalue weighted by atomic mass is 32.1. The Labute approximate surface area is 186 Å². The van der Waals surface area contributed by atoms with E-state index in [9.17, 15) is 0 Å². The average molecular weight is 427 g/mol. The fraction of sp³-hybridized carbons (Fsp3) is 0.0833. The Bertz CT molecular complexity index is 1140. The van der Waals surface area contributed by atoms with Crippen LogP contribution in [0.2, 0.25) is 0 Å². The lowest BCUT2D eigenvalue weighted by Gasteiger charge is -2.06. The molecular weight excluding hydrogens is 404 g/mol. The molecule has 0 radical (unpaired) electrons. The second-order valence-corrected chi connectivity index (χ2v) is 7.30. The zero-order chi connectivity index (χ0) is 21.3. The first kappa shape index (κ1) is 20.4. The molecule has 154 valence electrons. The zero-order valence-electron chi connectivity index (χ0n) is 16.8. The molecule has 6 nitrogen and oxygen atoms in total. The summed E-state index contributed by atoms with van der Waals surface area (Å²) < 4.78 is 1.91. The van der Waals surface area contributed by atoms with Gasteiger partial charge in [0.2, 0.25) is 0 Å². The van der Waals surface area contributed by atoms with Crippen LogP contribution in [0.4, 0.5) is 0 Å². The Kier molecular flexibility index (Phi) is 6.77. The molecule has 0 aliphatic rings. The van der Waals surface area contributed by atoms with Gasteiger partial charge < -0.3 is 5.32 Å². The van der Waals surface area contributed by atoms with Crippen molar-refractivity contribution in [3.63, 3.8) is 0 Å². The Morgan fingerprint density at radius 3 is 2.42 bits per heavy atom. The summed E-state index contributed by atoms with van der Waals surface area (Å²) in [5.41, 5.74) is 7.83. The molecule has 31 heavy (non-hydrogen) atoms. The van der Waals surface area contributed by atoms with E-state index in [2.05, 4.69) is 33.0 Å². The highest BCUT2D eigenvalue weighted by Crippen LogP contribution is 2.20. The van der Waals surface area contributed by atoms with Crippen molar-refractivity contribution in [1.29, 1.82) is 0 Å². The Balaban J connectivity index is 1.46. The summed E-state index contributed by atoms with van der Waals surface area (Å²) in [7, 11) is 0. The summed E-state index contributed by atoms with van der Waals surface area (Å²) in [4.78, 5) is 4.22. The van der Waals surface area contributed by atoms with Crippen LogP contribution in [0.1, 0.15) is 16.7 Å². The minimum absolute atomic E-state index is 0.458. The van der Waals surface area contributed by atoms with E-state index in [4.69, 9.17) is 17.3 Å². The topological polar surface area (TPSA) is 67.1 Å². The van der Waals surface area contributed by atoms with Gasteiger partial charge in [0.25, 0.3) is 0 Å². The van der Waals surface area contributed by atoms with Crippen LogP contribution >= 0.6 is 12.2 Å². The molecule has 0 saturated carbocycles. The largest absolute Gasteiger partial charge is 0.357 e. The molecular formula is C24H22N6S. The number of nitrogens with one attached hydrogen (secondary N) is 2. The molecule has 0 aliphatic heterocycles. The third-order valence-corrected chi connectivity index (χ3v) is 4.81. The SMILES string of the molecule is S=C(NCc1ccccc1)N/N=C/c1cn(Cc2ccccc2)nc1-c1cccnc1. The zero-order valence-corrected chi connectivity index (χ0v) is 17.7. The van der Waals surface area contributed by atoms with Gasteiger partial charge in [0, 0.05) is 36.3 Å². The summed E-state index contributed by atoms with van der Waals surface area (Å²) in [5.74, 6) is 0. The van der Waals surface area contributed by atoms with Crippen molar-refractivity contribution < 1.29 is 0 Å². The number of pyridine rings is 1. The maximum atomic E-state index is 5.32. The maximum Gasteiger partial charge on any atom is 0.187 e. The predicted octanol–water partition coefficient (Wildman–Crippen LogP) is 3.99. The van der Waals surface area contributed by atoms with Crippen LogP contribution < -0.4 is 10.7 Å². The van der Waals surface area contributed by atoms with Gasteiger partial charge in [-0.15, -0.1) is 0 Å². The summed E-state index contributed by atoms with van der Waals surface area (Å²) in [5, 5.41) is 12.7. The van der Waals surface area contributed by atoms with Gasteiger partial charge in [0.1, 0.15) is 5.69 Å². The van der Waals surface area contributed by atoms with Crippen molar-refractivity contribution in [3.05, 3.63) is 108 Å². The molecule has 0 amide bonds. The lowest BCUT2D eigenvalue weighted by molar-refractivity contribution is 0.689. The molecule has 2 aromatic heterocycles. The van der Waals surface area contributed by atoms with Crippen LogP contribution in [-0.4, -0.2) is 26.1 Å². The van der Waals surface area contributed by atoms with Crippen LogP contribution in [0.5, 0.6) is 0 Å². The summed E-state index contributed by atoms with van der Waals surface area (Å²) >= 11 is 5.32. The molecule has 0 unspecified atom stereocenters. The molecule has 0 atom stereocenters. The predicted molar refractivity (Wildman–Crippen MR) is 128 cm³/mol. The smallest absolute Gasteiger partial charge is 0.187 e. The van der Waals surface area contributed by atoms with Gasteiger partial charge in [0.15, 0.2) is 5.11 Å². The second-order valence-electron chi connectivity index (χ2n) is 6.90. The highest BCUT2D eigenvalue weighted by molar-refractivity contribution is 7.80. The second kappa shape index (κ2) is 10.3. The summed E-state index contributed by atoms with van der Waals surface area (Å²) in [6, 6.07) is 24.2. The minimum Gasteiger partial charge on any atom is -0.357 e. The van der Waals surface area contributed by atoms with E-state index < -0.39 is 0 Å². The van der Waals surface area contributed by atoms with Crippen molar-refractivity contribution in [2.45, 2.75) is 13.1 Å². The summed E-state index contributed by atoms with van der Waals surface area (Å²) in [6.07, 6.45) is 7.25. The molecule has 2 aromatic carbocycles. The van der Waals surface area contributed by atoms with Crippen LogP contribution in [0.25, 0.3) is 11.3 Å². The van der Waals surface area contributed by atoms with Gasteiger partial charge in [-0.1, -0.05) is 60.7 Å². The minimum atomic E-state index is 0.458. The third-order valence-electron chi connectivity index (χ3n) is 4.58. The first-order chi connectivity index (χ1) is 15.3. The molecule has 0 aliphatic carbocycles. The molecule has 0 saturated heterocycles. The molecule has 4 aromatic rings. The number of aromatic nitrogens is 3. The number of rotatable bonds is 7. The van der Waals surface area contributed by atoms with Gasteiger partial charge in [-0.2, -0.15) is 10.2 Å². The van der Waals surface area contributed by atoms with Gasteiger partial charge in [-0.3, -0.25) is 15.1 Å². The Morgan fingerprint density at radius 1 is 0.968 bits per heavy atom. The van der Waals surface area contributed by atoms with Crippen molar-refractivity contribution in [3.8, 4) is 11.3 Å². The molecule has 7 heteroatoms. The number of hydrazone groups is 1. The van der Waals surface area contributed by atoms with Crippen molar-refractivity contribution in [1.82, 2.24) is 25.5 Å². The van der Waals surface area contributed by atoms with Crippen LogP contribution in [0.15, 0.2) is 96.5 Å². The van der Waals surface area contributed by atoms with E-state index in [1.165, 1.54) is 5.56 Å². The van der Waals surface area contributed by atoms with Gasteiger partial charge in [-0.25, -0.2) is 0 Å². The first-order valence-corrected chi connectivity index (χ1v) is 10.3. The van der Waals surface area contributed by atoms with E-state index in [-0.39, 0.29) is 0 Å². The molecule has 4 rings (SSSR count). The van der Waals surface area contributed by atoms with Crippen LogP contribution in [0.3, 0.4) is 0 Å². The first-order valence-electron chi connectivity index (χ1n) is 9.90. The van der Waals surface area contributed by atoms with Crippen molar-refractivity contribution in [2.75, 3.05) is 0 Å². The quantitative estimate of drug-likeness (QED) is 0.266. The van der Waals surface area contributed by atoms with E-state index >= 15 is 0 Å². The monoisotopic (exact) mass is 426 g/mol. The van der Waals surface area contributed by atoms with Crippen LogP contribution in [-0.2, 0) is 13.1 Å². The van der Waals surface area contributed by atoms with Crippen molar-refractivity contribution in [2.24, 2.45) is 5.10 Å². The van der Waals surface area contributed by atoms with E-state index in [0.29, 0.717) is 18.2 Å². The fourth-order valence-electron chi connectivity index (χ4n) is 3.09. The Morgan fingerprint density at radius 2 is 1.71 bits per heavy atom. The lowest BCUT2D eigenvalue weighted by Crippen LogP contribution is -2.31. The number of hydrogen-bond donors (Lipinski definition) is 2. The van der Waals surface area contributed by atoms with E-state index in [1.807, 2.05) is 71.5 Å². The fourth-order valence-corrected chi connectivity index (χ4v) is 3.21. The highest BCUT2D eigenvalue weighted by Gasteiger charge is 2.10. The number of nitrogens with zero attached hydrogens (tertiary/aromatic N) is 4. The van der Waals surface area contributed by atoms with Gasteiger partial charge >= 0.3 is 0 Å². The summed E-state index contributed by atoms with van der Waals surface area (Å²) in [6.45, 7) is 1.31. The van der Waals surface area contributed by atoms with Crippen LogP contribution in [0, 0.1) is 0 Å². The van der Waals surface area contributed by atoms with Crippen molar-refractivity contribution >= 4 is 23.5 Å². The van der Waals surface area contributed by atoms with E-state index in [0.717, 1.165) is 22.4 Å². The standard InChI is InChI=1S/C24H22N6S/c31-24(26-14-19-8-3-1-4-9-19)28-27-16-22-18-30(17-20-10-5-2-6-11-20)29-23(22)21-12-7-13-25-15-21/h1-13,15-16,18H,14,17H2,(H2,26,28,31)/b27-16+. The van der Waals surface area contributed by atoms with E-state index in [1.54, 1.807) is 18.6 Å².